The number of nitrogens with two attached hydrogens (primary N) is 1. The quantitative estimate of drug-likeness (QED) is 0.520. The van der Waals surface area contributed by atoms with Crippen molar-refractivity contribution in [3.63, 3.8) is 0 Å². The van der Waals surface area contributed by atoms with Crippen molar-refractivity contribution in [2.24, 2.45) is 5.73 Å². The van der Waals surface area contributed by atoms with Crippen LogP contribution in [-0.2, 0) is 9.53 Å². The first kappa shape index (κ1) is 12.5. The zero-order chi connectivity index (χ0) is 11.0. The maximum absolute atomic E-state index is 10.6. The van der Waals surface area contributed by atoms with Crippen LogP contribution < -0.4 is 5.73 Å². The molecule has 0 aromatic rings. The molecular weight excluding hydrogens is 178 g/mol. The minimum absolute atomic E-state index is 0.313. The summed E-state index contributed by atoms with van der Waals surface area (Å²) in [4.78, 5) is 10.6. The highest BCUT2D eigenvalue weighted by Crippen LogP contribution is 2.16. The molecule has 0 atom stereocenters. The van der Waals surface area contributed by atoms with Crippen LogP contribution in [0, 0.1) is 0 Å². The predicted octanol–water partition coefficient (Wildman–Crippen LogP) is 1.91. The molecule has 0 aliphatic carbocycles. The van der Waals surface area contributed by atoms with E-state index in [1.165, 1.54) is 0 Å². The molecule has 14 heavy (non-hydrogen) atoms. The fourth-order valence-corrected chi connectivity index (χ4v) is 1.12. The molecule has 0 bridgehead atoms. The molecule has 0 unspecified atom stereocenters. The number of carbonyl (C=O) groups excluding carboxylic acids is 1. The average molecular weight is 195 g/mol. The first-order chi connectivity index (χ1) is 6.65. The highest BCUT2D eigenvalue weighted by molar-refractivity contribution is 5.74. The number of amides is 1. The number of primary amides is 1. The van der Waals surface area contributed by atoms with E-state index in [2.05, 4.69) is 6.58 Å². The number of ether oxygens (including phenoxy) is 1. The second-order valence-corrected chi connectivity index (χ2v) is 2.75. The maximum atomic E-state index is 10.6. The fourth-order valence-electron chi connectivity index (χ4n) is 1.12. The van der Waals surface area contributed by atoms with Crippen molar-refractivity contribution >= 4 is 5.91 Å². The molecule has 0 radical (unpaired) electrons. The molecule has 0 fully saturated rings. The van der Waals surface area contributed by atoms with Gasteiger partial charge in [0.05, 0.1) is 7.11 Å². The molecule has 78 valence electrons. The van der Waals surface area contributed by atoms with Crippen LogP contribution in [0.15, 0.2) is 36.1 Å². The van der Waals surface area contributed by atoms with Gasteiger partial charge in [0.25, 0.3) is 0 Å². The van der Waals surface area contributed by atoms with Gasteiger partial charge in [0.15, 0.2) is 0 Å². The van der Waals surface area contributed by atoms with Crippen LogP contribution in [0.4, 0.5) is 0 Å². The van der Waals surface area contributed by atoms with Crippen molar-refractivity contribution in [2.75, 3.05) is 7.11 Å². The Hall–Kier alpha value is -1.51. The Morgan fingerprint density at radius 3 is 2.50 bits per heavy atom. The maximum Gasteiger partial charge on any atom is 0.217 e. The first-order valence-electron chi connectivity index (χ1n) is 4.46. The second kappa shape index (κ2) is 6.95. The van der Waals surface area contributed by atoms with Crippen LogP contribution in [0.25, 0.3) is 0 Å². The summed E-state index contributed by atoms with van der Waals surface area (Å²) in [6, 6.07) is 0. The summed E-state index contributed by atoms with van der Waals surface area (Å²) in [5.41, 5.74) is 6.00. The van der Waals surface area contributed by atoms with Crippen LogP contribution in [0.1, 0.15) is 19.8 Å². The minimum Gasteiger partial charge on any atom is -0.497 e. The molecule has 3 nitrogen and oxygen atoms in total. The molecule has 0 saturated carbocycles. The lowest BCUT2D eigenvalue weighted by Gasteiger charge is -2.08. The van der Waals surface area contributed by atoms with Crippen LogP contribution in [-0.4, -0.2) is 13.0 Å². The molecule has 0 aliphatic heterocycles. The van der Waals surface area contributed by atoms with Crippen LogP contribution in [0.2, 0.25) is 0 Å². The molecule has 2 N–H and O–H groups in total. The van der Waals surface area contributed by atoms with Gasteiger partial charge in [-0.05, 0) is 25.0 Å². The van der Waals surface area contributed by atoms with Gasteiger partial charge in [0, 0.05) is 6.42 Å². The van der Waals surface area contributed by atoms with E-state index < -0.39 is 0 Å². The van der Waals surface area contributed by atoms with E-state index in [9.17, 15) is 4.79 Å². The van der Waals surface area contributed by atoms with E-state index >= 15 is 0 Å². The third-order valence-electron chi connectivity index (χ3n) is 1.76. The van der Waals surface area contributed by atoms with Gasteiger partial charge >= 0.3 is 0 Å². The van der Waals surface area contributed by atoms with Gasteiger partial charge in [-0.25, -0.2) is 0 Å². The van der Waals surface area contributed by atoms with E-state index in [0.29, 0.717) is 12.8 Å². The number of hydrogen-bond donors (Lipinski definition) is 1. The third kappa shape index (κ3) is 4.50. The molecule has 3 heteroatoms. The Balaban J connectivity index is 4.52. The Kier molecular flexibility index (Phi) is 6.20. The molecule has 0 aromatic heterocycles. The van der Waals surface area contributed by atoms with E-state index in [-0.39, 0.29) is 5.91 Å². The average Bonchev–Trinajstić information content (AvgIpc) is 2.15. The minimum atomic E-state index is -0.313. The van der Waals surface area contributed by atoms with Gasteiger partial charge in [0.1, 0.15) is 5.76 Å². The molecule has 0 spiro atoms. The van der Waals surface area contributed by atoms with Crippen molar-refractivity contribution in [1.82, 2.24) is 0 Å². The fraction of sp³-hybridized carbons (Fsp3) is 0.364. The van der Waals surface area contributed by atoms with Crippen LogP contribution in [0.5, 0.6) is 0 Å². The summed E-state index contributed by atoms with van der Waals surface area (Å²) in [7, 11) is 1.59. The lowest BCUT2D eigenvalue weighted by atomic mass is 10.1. The number of methoxy groups -OCH3 is 1. The summed E-state index contributed by atoms with van der Waals surface area (Å²) in [5.74, 6) is 0.442. The zero-order valence-electron chi connectivity index (χ0n) is 8.75. The lowest BCUT2D eigenvalue weighted by molar-refractivity contribution is -0.117. The van der Waals surface area contributed by atoms with Gasteiger partial charge in [-0.2, -0.15) is 0 Å². The predicted molar refractivity (Wildman–Crippen MR) is 57.5 cm³/mol. The molecule has 0 aliphatic rings. The van der Waals surface area contributed by atoms with Gasteiger partial charge in [-0.1, -0.05) is 18.7 Å². The molecule has 0 saturated heterocycles. The van der Waals surface area contributed by atoms with Crippen molar-refractivity contribution in [3.8, 4) is 0 Å². The van der Waals surface area contributed by atoms with E-state index in [1.54, 1.807) is 13.2 Å². The third-order valence-corrected chi connectivity index (χ3v) is 1.76. The van der Waals surface area contributed by atoms with Crippen molar-refractivity contribution in [2.45, 2.75) is 19.8 Å². The van der Waals surface area contributed by atoms with Crippen LogP contribution >= 0.6 is 0 Å². The monoisotopic (exact) mass is 195 g/mol. The van der Waals surface area contributed by atoms with Gasteiger partial charge in [-0.3, -0.25) is 4.79 Å². The lowest BCUT2D eigenvalue weighted by Crippen LogP contribution is -2.10. The number of allylic oxidation sites excluding steroid dienone is 4. The second-order valence-electron chi connectivity index (χ2n) is 2.75. The Morgan fingerprint density at radius 1 is 1.50 bits per heavy atom. The first-order valence-corrected chi connectivity index (χ1v) is 4.46. The van der Waals surface area contributed by atoms with E-state index in [4.69, 9.17) is 10.5 Å². The summed E-state index contributed by atoms with van der Waals surface area (Å²) in [5, 5.41) is 0. The normalized spacial score (nSPS) is 12.4. The number of carbonyl (C=O) groups is 1. The van der Waals surface area contributed by atoms with Crippen molar-refractivity contribution < 1.29 is 9.53 Å². The highest BCUT2D eigenvalue weighted by atomic mass is 16.5. The van der Waals surface area contributed by atoms with Crippen molar-refractivity contribution in [3.05, 3.63) is 36.1 Å². The number of hydrogen-bond acceptors (Lipinski definition) is 2. The number of rotatable bonds is 6. The molecule has 0 rings (SSSR count). The molecule has 1 amide bonds. The summed E-state index contributed by atoms with van der Waals surface area (Å²) in [6.45, 7) is 5.48. The summed E-state index contributed by atoms with van der Waals surface area (Å²) in [6.07, 6.45) is 6.23. The smallest absolute Gasteiger partial charge is 0.217 e. The Bertz CT molecular complexity index is 264. The van der Waals surface area contributed by atoms with Gasteiger partial charge in [0.2, 0.25) is 5.91 Å². The zero-order valence-corrected chi connectivity index (χ0v) is 8.75. The van der Waals surface area contributed by atoms with E-state index in [0.717, 1.165) is 11.3 Å². The molecule has 0 aromatic carbocycles. The van der Waals surface area contributed by atoms with Gasteiger partial charge in [-0.15, -0.1) is 0 Å². The summed E-state index contributed by atoms with van der Waals surface area (Å²) < 4.78 is 5.14. The molecule has 0 heterocycles. The molecular formula is C11H17NO2. The topological polar surface area (TPSA) is 52.3 Å². The van der Waals surface area contributed by atoms with Crippen molar-refractivity contribution in [1.29, 1.82) is 0 Å². The Morgan fingerprint density at radius 2 is 2.14 bits per heavy atom. The standard InChI is InChI=1S/C11H17NO2/c1-4-6-9(7-8-11(12)13)10(5-2)14-3/h4-6H,1,7-8H2,2-3H3,(H2,12,13)/b9-6-,10-5+. The Labute approximate surface area is 84.9 Å². The highest BCUT2D eigenvalue weighted by Gasteiger charge is 2.05. The van der Waals surface area contributed by atoms with Crippen LogP contribution in [0.3, 0.4) is 0 Å². The van der Waals surface area contributed by atoms with E-state index in [1.807, 2.05) is 19.1 Å². The largest absolute Gasteiger partial charge is 0.497 e. The SMILES string of the molecule is C=C/C=C(CCC(N)=O)\C(=C/C)OC. The van der Waals surface area contributed by atoms with Gasteiger partial charge < -0.3 is 10.5 Å². The summed E-state index contributed by atoms with van der Waals surface area (Å²) >= 11 is 0.